The third kappa shape index (κ3) is 3.50. The lowest BCUT2D eigenvalue weighted by Gasteiger charge is -2.09. The molecular weight excluding hydrogens is 176 g/mol. The molecular formula is C11H20N2O. The summed E-state index contributed by atoms with van der Waals surface area (Å²) in [6, 6.07) is 2.03. The van der Waals surface area contributed by atoms with E-state index in [0.717, 1.165) is 6.54 Å². The van der Waals surface area contributed by atoms with E-state index in [0.29, 0.717) is 6.61 Å². The first kappa shape index (κ1) is 11.2. The van der Waals surface area contributed by atoms with Crippen LogP contribution in [0.5, 0.6) is 0 Å². The average molecular weight is 196 g/mol. The Labute approximate surface area is 86.1 Å². The highest BCUT2D eigenvalue weighted by Crippen LogP contribution is 2.05. The van der Waals surface area contributed by atoms with Crippen LogP contribution in [0, 0.1) is 0 Å². The highest BCUT2D eigenvalue weighted by molar-refractivity contribution is 4.98. The quantitative estimate of drug-likeness (QED) is 0.699. The molecule has 0 aromatic carbocycles. The van der Waals surface area contributed by atoms with Gasteiger partial charge in [0.25, 0.3) is 0 Å². The van der Waals surface area contributed by atoms with Crippen LogP contribution in [0.25, 0.3) is 0 Å². The first-order valence-corrected chi connectivity index (χ1v) is 5.36. The van der Waals surface area contributed by atoms with Crippen molar-refractivity contribution >= 4 is 0 Å². The molecule has 3 nitrogen and oxygen atoms in total. The van der Waals surface area contributed by atoms with Crippen LogP contribution in [-0.2, 0) is 17.9 Å². The first-order valence-electron chi connectivity index (χ1n) is 5.36. The normalized spacial score (nSPS) is 11.1. The second-order valence-corrected chi connectivity index (χ2v) is 3.76. The molecule has 0 aliphatic rings. The minimum absolute atomic E-state index is 0.282. The van der Waals surface area contributed by atoms with Crippen molar-refractivity contribution in [3.8, 4) is 0 Å². The predicted octanol–water partition coefficient (Wildman–Crippen LogP) is 2.61. The summed E-state index contributed by atoms with van der Waals surface area (Å²) in [5, 5.41) is 4.27. The zero-order valence-corrected chi connectivity index (χ0v) is 9.36. The Morgan fingerprint density at radius 2 is 2.29 bits per heavy atom. The number of nitrogens with zero attached hydrogens (tertiary/aromatic N) is 2. The van der Waals surface area contributed by atoms with Gasteiger partial charge in [0, 0.05) is 12.7 Å². The minimum atomic E-state index is 0.282. The molecule has 1 heterocycles. The summed E-state index contributed by atoms with van der Waals surface area (Å²) in [7, 11) is 0. The van der Waals surface area contributed by atoms with E-state index in [1.54, 1.807) is 0 Å². The van der Waals surface area contributed by atoms with Crippen LogP contribution in [-0.4, -0.2) is 15.9 Å². The van der Waals surface area contributed by atoms with Crippen LogP contribution in [0.2, 0.25) is 0 Å². The summed E-state index contributed by atoms with van der Waals surface area (Å²) < 4.78 is 7.58. The summed E-state index contributed by atoms with van der Waals surface area (Å²) in [6.45, 7) is 7.95. The van der Waals surface area contributed by atoms with Crippen LogP contribution in [0.3, 0.4) is 0 Å². The maximum Gasteiger partial charge on any atom is 0.0888 e. The molecule has 0 spiro atoms. The van der Waals surface area contributed by atoms with E-state index >= 15 is 0 Å². The topological polar surface area (TPSA) is 27.1 Å². The number of aryl methyl sites for hydroxylation is 1. The van der Waals surface area contributed by atoms with Crippen molar-refractivity contribution in [1.29, 1.82) is 0 Å². The molecule has 1 rings (SSSR count). The van der Waals surface area contributed by atoms with Gasteiger partial charge in [-0.3, -0.25) is 4.68 Å². The van der Waals surface area contributed by atoms with E-state index in [1.165, 1.54) is 18.5 Å². The molecule has 0 bridgehead atoms. The maximum absolute atomic E-state index is 5.55. The molecule has 14 heavy (non-hydrogen) atoms. The van der Waals surface area contributed by atoms with Gasteiger partial charge in [-0.1, -0.05) is 13.3 Å². The first-order chi connectivity index (χ1) is 6.74. The fourth-order valence-corrected chi connectivity index (χ4v) is 1.24. The highest BCUT2D eigenvalue weighted by Gasteiger charge is 2.02. The minimum Gasteiger partial charge on any atom is -0.373 e. The maximum atomic E-state index is 5.55. The molecule has 1 aromatic heterocycles. The van der Waals surface area contributed by atoms with E-state index in [1.807, 2.05) is 30.8 Å². The molecule has 0 amide bonds. The molecule has 0 unspecified atom stereocenters. The van der Waals surface area contributed by atoms with Crippen molar-refractivity contribution in [2.75, 3.05) is 0 Å². The third-order valence-corrected chi connectivity index (χ3v) is 2.09. The van der Waals surface area contributed by atoms with E-state index in [-0.39, 0.29) is 6.10 Å². The Morgan fingerprint density at radius 3 is 2.93 bits per heavy atom. The van der Waals surface area contributed by atoms with E-state index in [2.05, 4.69) is 12.0 Å². The standard InChI is InChI=1S/C11H20N2O/c1-4-5-8-13-11(6-7-12-13)9-14-10(2)3/h6-7,10H,4-5,8-9H2,1-3H3. The fourth-order valence-electron chi connectivity index (χ4n) is 1.24. The highest BCUT2D eigenvalue weighted by atomic mass is 16.5. The molecule has 0 saturated carbocycles. The molecule has 0 saturated heterocycles. The van der Waals surface area contributed by atoms with Gasteiger partial charge in [-0.2, -0.15) is 5.10 Å². The second kappa shape index (κ2) is 5.81. The number of unbranched alkanes of at least 4 members (excludes halogenated alkanes) is 1. The van der Waals surface area contributed by atoms with Crippen LogP contribution in [0.4, 0.5) is 0 Å². The smallest absolute Gasteiger partial charge is 0.0888 e. The molecule has 1 aromatic rings. The van der Waals surface area contributed by atoms with Crippen molar-refractivity contribution in [1.82, 2.24) is 9.78 Å². The largest absolute Gasteiger partial charge is 0.373 e. The Bertz CT molecular complexity index is 256. The van der Waals surface area contributed by atoms with Gasteiger partial charge in [-0.05, 0) is 26.3 Å². The molecule has 0 fully saturated rings. The van der Waals surface area contributed by atoms with Gasteiger partial charge in [-0.25, -0.2) is 0 Å². The van der Waals surface area contributed by atoms with Gasteiger partial charge >= 0.3 is 0 Å². The lowest BCUT2D eigenvalue weighted by Crippen LogP contribution is -2.09. The lowest BCUT2D eigenvalue weighted by molar-refractivity contribution is 0.0610. The number of hydrogen-bond donors (Lipinski definition) is 0. The molecule has 80 valence electrons. The average Bonchev–Trinajstić information content (AvgIpc) is 2.58. The molecule has 0 aliphatic carbocycles. The number of rotatable bonds is 6. The van der Waals surface area contributed by atoms with Gasteiger partial charge in [0.15, 0.2) is 0 Å². The zero-order valence-electron chi connectivity index (χ0n) is 9.36. The second-order valence-electron chi connectivity index (χ2n) is 3.76. The summed E-state index contributed by atoms with van der Waals surface area (Å²) in [4.78, 5) is 0. The molecule has 0 radical (unpaired) electrons. The van der Waals surface area contributed by atoms with Crippen molar-refractivity contribution in [3.63, 3.8) is 0 Å². The van der Waals surface area contributed by atoms with Crippen molar-refractivity contribution < 1.29 is 4.74 Å². The van der Waals surface area contributed by atoms with Gasteiger partial charge < -0.3 is 4.74 Å². The van der Waals surface area contributed by atoms with Crippen LogP contribution < -0.4 is 0 Å². The fraction of sp³-hybridized carbons (Fsp3) is 0.727. The van der Waals surface area contributed by atoms with Crippen LogP contribution in [0.1, 0.15) is 39.3 Å². The van der Waals surface area contributed by atoms with Crippen molar-refractivity contribution in [2.24, 2.45) is 0 Å². The lowest BCUT2D eigenvalue weighted by atomic mass is 10.3. The van der Waals surface area contributed by atoms with Gasteiger partial charge in [0.2, 0.25) is 0 Å². The summed E-state index contributed by atoms with van der Waals surface area (Å²) in [6.07, 6.45) is 4.50. The Balaban J connectivity index is 2.45. The predicted molar refractivity (Wildman–Crippen MR) is 57.1 cm³/mol. The monoisotopic (exact) mass is 196 g/mol. The van der Waals surface area contributed by atoms with Crippen LogP contribution in [0.15, 0.2) is 12.3 Å². The van der Waals surface area contributed by atoms with E-state index < -0.39 is 0 Å². The molecule has 3 heteroatoms. The third-order valence-electron chi connectivity index (χ3n) is 2.09. The van der Waals surface area contributed by atoms with Gasteiger partial charge in [0.05, 0.1) is 18.4 Å². The van der Waals surface area contributed by atoms with Gasteiger partial charge in [0.1, 0.15) is 0 Å². The Kier molecular flexibility index (Phi) is 4.66. The van der Waals surface area contributed by atoms with E-state index in [9.17, 15) is 0 Å². The molecule has 0 N–H and O–H groups in total. The summed E-state index contributed by atoms with van der Waals surface area (Å²) >= 11 is 0. The molecule has 0 atom stereocenters. The van der Waals surface area contributed by atoms with Crippen LogP contribution >= 0.6 is 0 Å². The number of ether oxygens (including phenoxy) is 1. The van der Waals surface area contributed by atoms with Crippen molar-refractivity contribution in [3.05, 3.63) is 18.0 Å². The SMILES string of the molecule is CCCCn1nccc1COC(C)C. The summed E-state index contributed by atoms with van der Waals surface area (Å²) in [5.41, 5.74) is 1.17. The number of hydrogen-bond acceptors (Lipinski definition) is 2. The van der Waals surface area contributed by atoms with Gasteiger partial charge in [-0.15, -0.1) is 0 Å². The molecule has 0 aliphatic heterocycles. The summed E-state index contributed by atoms with van der Waals surface area (Å²) in [5.74, 6) is 0. The van der Waals surface area contributed by atoms with Crippen molar-refractivity contribution in [2.45, 2.75) is 52.9 Å². The zero-order chi connectivity index (χ0) is 10.4. The number of aromatic nitrogens is 2. The Hall–Kier alpha value is -0.830. The van der Waals surface area contributed by atoms with E-state index in [4.69, 9.17) is 4.74 Å². The Morgan fingerprint density at radius 1 is 1.50 bits per heavy atom.